The summed E-state index contributed by atoms with van der Waals surface area (Å²) in [7, 11) is 0. The molecule has 0 saturated carbocycles. The molecule has 20 heavy (non-hydrogen) atoms. The molecule has 0 heterocycles. The van der Waals surface area contributed by atoms with Crippen LogP contribution >= 0.6 is 0 Å². The number of anilines is 1. The molecule has 0 fully saturated rings. The zero-order chi connectivity index (χ0) is 14.8. The smallest absolute Gasteiger partial charge is 0.152 e. The lowest BCUT2D eigenvalue weighted by Gasteiger charge is -2.19. The standard InChI is InChI=1S/C17H20FNO/c1-17(2,3)13-7-9-14(10-8-13)20-11-12-5-4-6-15(19)16(12)18/h4-10H,11,19H2,1-3H3. The third-order valence-electron chi connectivity index (χ3n) is 3.22. The Bertz CT molecular complexity index is 585. The lowest BCUT2D eigenvalue weighted by atomic mass is 9.87. The molecular formula is C17H20FNO. The van der Waals surface area contributed by atoms with Crippen LogP contribution in [0.3, 0.4) is 0 Å². The molecule has 0 radical (unpaired) electrons. The van der Waals surface area contributed by atoms with Crippen molar-refractivity contribution in [3.05, 3.63) is 59.4 Å². The van der Waals surface area contributed by atoms with E-state index in [4.69, 9.17) is 10.5 Å². The molecule has 3 heteroatoms. The van der Waals surface area contributed by atoms with E-state index >= 15 is 0 Å². The van der Waals surface area contributed by atoms with E-state index in [2.05, 4.69) is 20.8 Å². The van der Waals surface area contributed by atoms with Crippen molar-refractivity contribution in [3.63, 3.8) is 0 Å². The molecule has 2 nitrogen and oxygen atoms in total. The van der Waals surface area contributed by atoms with Crippen molar-refractivity contribution < 1.29 is 9.13 Å². The minimum absolute atomic E-state index is 0.110. The van der Waals surface area contributed by atoms with Gasteiger partial charge in [-0.25, -0.2) is 4.39 Å². The molecule has 0 unspecified atom stereocenters. The van der Waals surface area contributed by atoms with E-state index in [-0.39, 0.29) is 17.7 Å². The number of nitrogens with two attached hydrogens (primary N) is 1. The van der Waals surface area contributed by atoms with Gasteiger partial charge < -0.3 is 10.5 Å². The third kappa shape index (κ3) is 3.29. The van der Waals surface area contributed by atoms with Gasteiger partial charge in [0.1, 0.15) is 12.4 Å². The Morgan fingerprint density at radius 1 is 1.05 bits per heavy atom. The maximum absolute atomic E-state index is 13.7. The Labute approximate surface area is 119 Å². The Hall–Kier alpha value is -2.03. The van der Waals surface area contributed by atoms with Crippen LogP contribution < -0.4 is 10.5 Å². The van der Waals surface area contributed by atoms with Gasteiger partial charge in [0, 0.05) is 5.56 Å². The van der Waals surface area contributed by atoms with Crippen molar-refractivity contribution >= 4 is 5.69 Å². The Morgan fingerprint density at radius 3 is 2.30 bits per heavy atom. The van der Waals surface area contributed by atoms with E-state index in [1.807, 2.05) is 24.3 Å². The second kappa shape index (κ2) is 5.53. The van der Waals surface area contributed by atoms with Crippen LogP contribution in [0.5, 0.6) is 5.75 Å². The highest BCUT2D eigenvalue weighted by atomic mass is 19.1. The van der Waals surface area contributed by atoms with Gasteiger partial charge in [-0.2, -0.15) is 0 Å². The van der Waals surface area contributed by atoms with Crippen LogP contribution in [0.1, 0.15) is 31.9 Å². The van der Waals surface area contributed by atoms with E-state index in [0.717, 1.165) is 5.75 Å². The largest absolute Gasteiger partial charge is 0.489 e. The first-order valence-electron chi connectivity index (χ1n) is 6.64. The lowest BCUT2D eigenvalue weighted by Crippen LogP contribution is -2.10. The van der Waals surface area contributed by atoms with Gasteiger partial charge >= 0.3 is 0 Å². The van der Waals surface area contributed by atoms with Crippen LogP contribution in [0.2, 0.25) is 0 Å². The Morgan fingerprint density at radius 2 is 1.70 bits per heavy atom. The number of ether oxygens (including phenoxy) is 1. The summed E-state index contributed by atoms with van der Waals surface area (Å²) < 4.78 is 19.3. The normalized spacial score (nSPS) is 11.4. The van der Waals surface area contributed by atoms with Gasteiger partial charge in [0.15, 0.2) is 5.82 Å². The molecule has 0 atom stereocenters. The first-order chi connectivity index (χ1) is 9.38. The van der Waals surface area contributed by atoms with Crippen LogP contribution in [0.15, 0.2) is 42.5 Å². The number of hydrogen-bond acceptors (Lipinski definition) is 2. The van der Waals surface area contributed by atoms with Crippen LogP contribution in [-0.4, -0.2) is 0 Å². The summed E-state index contributed by atoms with van der Waals surface area (Å²) in [4.78, 5) is 0. The van der Waals surface area contributed by atoms with Gasteiger partial charge in [-0.15, -0.1) is 0 Å². The van der Waals surface area contributed by atoms with Crippen molar-refractivity contribution in [1.29, 1.82) is 0 Å². The summed E-state index contributed by atoms with van der Waals surface area (Å²) in [6.45, 7) is 6.65. The van der Waals surface area contributed by atoms with Crippen LogP contribution in [0.25, 0.3) is 0 Å². The monoisotopic (exact) mass is 273 g/mol. The molecule has 0 aliphatic heterocycles. The fraction of sp³-hybridized carbons (Fsp3) is 0.294. The summed E-state index contributed by atoms with van der Waals surface area (Å²) in [6, 6.07) is 12.8. The molecule has 2 aromatic rings. The zero-order valence-corrected chi connectivity index (χ0v) is 12.1. The molecule has 106 valence electrons. The van der Waals surface area contributed by atoms with Crippen LogP contribution in [0, 0.1) is 5.82 Å². The van der Waals surface area contributed by atoms with Gasteiger partial charge in [0.25, 0.3) is 0 Å². The second-order valence-electron chi connectivity index (χ2n) is 5.88. The summed E-state index contributed by atoms with van der Waals surface area (Å²) in [5, 5.41) is 0. The summed E-state index contributed by atoms with van der Waals surface area (Å²) >= 11 is 0. The van der Waals surface area contributed by atoms with E-state index in [9.17, 15) is 4.39 Å². The van der Waals surface area contributed by atoms with Gasteiger partial charge in [-0.1, -0.05) is 45.0 Å². The van der Waals surface area contributed by atoms with Crippen molar-refractivity contribution in [2.24, 2.45) is 0 Å². The third-order valence-corrected chi connectivity index (χ3v) is 3.22. The van der Waals surface area contributed by atoms with Gasteiger partial charge in [0.05, 0.1) is 5.69 Å². The molecule has 0 saturated heterocycles. The van der Waals surface area contributed by atoms with Crippen LogP contribution in [0.4, 0.5) is 10.1 Å². The molecule has 0 spiro atoms. The first kappa shape index (κ1) is 14.4. The lowest BCUT2D eigenvalue weighted by molar-refractivity contribution is 0.300. The highest BCUT2D eigenvalue weighted by Gasteiger charge is 2.13. The Kier molecular flexibility index (Phi) is 3.98. The van der Waals surface area contributed by atoms with E-state index in [0.29, 0.717) is 5.56 Å². The number of hydrogen-bond donors (Lipinski definition) is 1. The van der Waals surface area contributed by atoms with Crippen molar-refractivity contribution in [3.8, 4) is 5.75 Å². The summed E-state index contributed by atoms with van der Waals surface area (Å²) in [5.41, 5.74) is 7.48. The predicted octanol–water partition coefficient (Wildman–Crippen LogP) is 4.28. The van der Waals surface area contributed by atoms with Gasteiger partial charge in [0.2, 0.25) is 0 Å². The SMILES string of the molecule is CC(C)(C)c1ccc(OCc2cccc(N)c2F)cc1. The first-order valence-corrected chi connectivity index (χ1v) is 6.64. The maximum Gasteiger partial charge on any atom is 0.152 e. The molecule has 2 aromatic carbocycles. The molecule has 0 amide bonds. The highest BCUT2D eigenvalue weighted by molar-refractivity contribution is 5.42. The predicted molar refractivity (Wildman–Crippen MR) is 80.3 cm³/mol. The topological polar surface area (TPSA) is 35.2 Å². The minimum atomic E-state index is -0.404. The number of rotatable bonds is 3. The highest BCUT2D eigenvalue weighted by Crippen LogP contribution is 2.25. The minimum Gasteiger partial charge on any atom is -0.489 e. The molecule has 0 aromatic heterocycles. The summed E-state index contributed by atoms with van der Waals surface area (Å²) in [5.74, 6) is 0.318. The molecule has 0 aliphatic carbocycles. The maximum atomic E-state index is 13.7. The van der Waals surface area contributed by atoms with Crippen molar-refractivity contribution in [2.75, 3.05) is 5.73 Å². The fourth-order valence-electron chi connectivity index (χ4n) is 1.92. The molecule has 2 N–H and O–H groups in total. The van der Waals surface area contributed by atoms with Crippen molar-refractivity contribution in [2.45, 2.75) is 32.8 Å². The zero-order valence-electron chi connectivity index (χ0n) is 12.1. The number of benzene rings is 2. The second-order valence-corrected chi connectivity index (χ2v) is 5.88. The molecule has 0 bridgehead atoms. The van der Waals surface area contributed by atoms with Gasteiger partial charge in [-0.3, -0.25) is 0 Å². The molecular weight excluding hydrogens is 253 g/mol. The van der Waals surface area contributed by atoms with E-state index < -0.39 is 5.82 Å². The molecule has 2 rings (SSSR count). The quantitative estimate of drug-likeness (QED) is 0.847. The average Bonchev–Trinajstić information content (AvgIpc) is 2.40. The number of halogens is 1. The Balaban J connectivity index is 2.06. The van der Waals surface area contributed by atoms with Crippen molar-refractivity contribution in [1.82, 2.24) is 0 Å². The van der Waals surface area contributed by atoms with Crippen LogP contribution in [-0.2, 0) is 12.0 Å². The van der Waals surface area contributed by atoms with E-state index in [1.165, 1.54) is 11.6 Å². The number of nitrogen functional groups attached to an aromatic ring is 1. The average molecular weight is 273 g/mol. The fourth-order valence-corrected chi connectivity index (χ4v) is 1.92. The molecule has 0 aliphatic rings. The summed E-state index contributed by atoms with van der Waals surface area (Å²) in [6.07, 6.45) is 0. The van der Waals surface area contributed by atoms with E-state index in [1.54, 1.807) is 12.1 Å². The van der Waals surface area contributed by atoms with Gasteiger partial charge in [-0.05, 0) is 29.2 Å².